The number of unbranched alkanes of at least 4 members (excludes halogenated alkanes) is 2. The minimum absolute atomic E-state index is 1.16. The molecule has 1 heteroatoms. The second-order valence-electron chi connectivity index (χ2n) is 4.59. The summed E-state index contributed by atoms with van der Waals surface area (Å²) in [6.07, 6.45) is 3.90. The predicted molar refractivity (Wildman–Crippen MR) is 70.9 cm³/mol. The first-order valence-corrected chi connectivity index (χ1v) is 6.30. The molecule has 0 fully saturated rings. The van der Waals surface area contributed by atoms with Crippen LogP contribution < -0.4 is 0 Å². The minimum Gasteiger partial charge on any atom is -0.345 e. The normalized spacial score (nSPS) is 11.2. The molecule has 0 aliphatic carbocycles. The highest BCUT2D eigenvalue weighted by Gasteiger charge is 2.08. The van der Waals surface area contributed by atoms with Crippen LogP contribution >= 0.6 is 0 Å². The van der Waals surface area contributed by atoms with Crippen LogP contribution in [-0.2, 0) is 6.54 Å². The molecule has 1 heterocycles. The van der Waals surface area contributed by atoms with Crippen molar-refractivity contribution in [2.24, 2.45) is 0 Å². The monoisotopic (exact) mass is 215 g/mol. The molecule has 0 spiro atoms. The van der Waals surface area contributed by atoms with Gasteiger partial charge in [0.1, 0.15) is 0 Å². The van der Waals surface area contributed by atoms with Crippen molar-refractivity contribution < 1.29 is 0 Å². The number of nitrogens with zero attached hydrogens (tertiary/aromatic N) is 1. The third-order valence-electron chi connectivity index (χ3n) is 3.53. The average molecular weight is 215 g/mol. The second-order valence-corrected chi connectivity index (χ2v) is 4.59. The third kappa shape index (κ3) is 1.87. The van der Waals surface area contributed by atoms with Gasteiger partial charge in [0.25, 0.3) is 0 Å². The second kappa shape index (κ2) is 4.73. The summed E-state index contributed by atoms with van der Waals surface area (Å²) in [5.74, 6) is 0. The Morgan fingerprint density at radius 1 is 1.06 bits per heavy atom. The SMILES string of the molecule is CCCCCn1c(C)c(C)c2ccccc21. The lowest BCUT2D eigenvalue weighted by Crippen LogP contribution is -2.00. The van der Waals surface area contributed by atoms with E-state index < -0.39 is 0 Å². The fourth-order valence-electron chi connectivity index (χ4n) is 2.41. The Hall–Kier alpha value is -1.24. The average Bonchev–Trinajstić information content (AvgIpc) is 2.55. The molecule has 0 bridgehead atoms. The van der Waals surface area contributed by atoms with Gasteiger partial charge in [0.15, 0.2) is 0 Å². The molecule has 0 atom stereocenters. The summed E-state index contributed by atoms with van der Waals surface area (Å²) in [7, 11) is 0. The quantitative estimate of drug-likeness (QED) is 0.664. The molecule has 0 N–H and O–H groups in total. The van der Waals surface area contributed by atoms with Crippen molar-refractivity contribution in [2.75, 3.05) is 0 Å². The maximum Gasteiger partial charge on any atom is 0.0485 e. The van der Waals surface area contributed by atoms with Gasteiger partial charge in [0.2, 0.25) is 0 Å². The van der Waals surface area contributed by atoms with Crippen molar-refractivity contribution >= 4 is 10.9 Å². The lowest BCUT2D eigenvalue weighted by molar-refractivity contribution is 0.606. The van der Waals surface area contributed by atoms with Gasteiger partial charge in [0.05, 0.1) is 0 Å². The van der Waals surface area contributed by atoms with Crippen molar-refractivity contribution in [3.05, 3.63) is 35.5 Å². The van der Waals surface area contributed by atoms with Crippen LogP contribution in [0.1, 0.15) is 37.4 Å². The first-order chi connectivity index (χ1) is 7.75. The number of fused-ring (bicyclic) bond motifs is 1. The zero-order valence-corrected chi connectivity index (χ0v) is 10.6. The standard InChI is InChI=1S/C15H21N/c1-4-5-8-11-16-13(3)12(2)14-9-6-7-10-15(14)16/h6-7,9-10H,4-5,8,11H2,1-3H3. The fraction of sp³-hybridized carbons (Fsp3) is 0.467. The molecule has 0 saturated heterocycles. The van der Waals surface area contributed by atoms with Crippen LogP contribution in [0.15, 0.2) is 24.3 Å². The Balaban J connectivity index is 2.39. The molecule has 16 heavy (non-hydrogen) atoms. The van der Waals surface area contributed by atoms with E-state index in [1.165, 1.54) is 41.4 Å². The van der Waals surface area contributed by atoms with E-state index in [1.54, 1.807) is 0 Å². The van der Waals surface area contributed by atoms with E-state index >= 15 is 0 Å². The van der Waals surface area contributed by atoms with Crippen molar-refractivity contribution in [2.45, 2.75) is 46.6 Å². The predicted octanol–water partition coefficient (Wildman–Crippen LogP) is 4.45. The van der Waals surface area contributed by atoms with E-state index in [4.69, 9.17) is 0 Å². The summed E-state index contributed by atoms with van der Waals surface area (Å²) in [6.45, 7) is 7.88. The molecular formula is C15H21N. The number of hydrogen-bond donors (Lipinski definition) is 0. The van der Waals surface area contributed by atoms with Crippen molar-refractivity contribution in [1.29, 1.82) is 0 Å². The van der Waals surface area contributed by atoms with Crippen molar-refractivity contribution in [1.82, 2.24) is 4.57 Å². The van der Waals surface area contributed by atoms with Gasteiger partial charge in [-0.25, -0.2) is 0 Å². The van der Waals surface area contributed by atoms with E-state index in [0.717, 1.165) is 6.54 Å². The Bertz CT molecular complexity index is 479. The van der Waals surface area contributed by atoms with Gasteiger partial charge in [-0.1, -0.05) is 38.0 Å². The molecule has 1 nitrogen and oxygen atoms in total. The molecule has 1 aromatic carbocycles. The molecule has 2 rings (SSSR count). The Kier molecular flexibility index (Phi) is 3.33. The summed E-state index contributed by atoms with van der Waals surface area (Å²) in [5, 5.41) is 1.41. The highest BCUT2D eigenvalue weighted by atomic mass is 15.0. The first kappa shape index (κ1) is 11.3. The minimum atomic E-state index is 1.16. The Labute approximate surface area is 98.1 Å². The van der Waals surface area contributed by atoms with E-state index in [1.807, 2.05) is 0 Å². The topological polar surface area (TPSA) is 4.93 Å². The maximum absolute atomic E-state index is 2.47. The summed E-state index contributed by atoms with van der Waals surface area (Å²) >= 11 is 0. The lowest BCUT2D eigenvalue weighted by atomic mass is 10.2. The third-order valence-corrected chi connectivity index (χ3v) is 3.53. The zero-order chi connectivity index (χ0) is 11.5. The fourth-order valence-corrected chi connectivity index (χ4v) is 2.41. The molecule has 0 amide bonds. The highest BCUT2D eigenvalue weighted by molar-refractivity contribution is 5.85. The van der Waals surface area contributed by atoms with Gasteiger partial charge >= 0.3 is 0 Å². The maximum atomic E-state index is 2.47. The largest absolute Gasteiger partial charge is 0.345 e. The summed E-state index contributed by atoms with van der Waals surface area (Å²) in [6, 6.07) is 8.73. The van der Waals surface area contributed by atoms with Crippen molar-refractivity contribution in [3.8, 4) is 0 Å². The zero-order valence-electron chi connectivity index (χ0n) is 10.6. The molecule has 0 saturated carbocycles. The first-order valence-electron chi connectivity index (χ1n) is 6.30. The van der Waals surface area contributed by atoms with Gasteiger partial charge in [0, 0.05) is 23.1 Å². The number of rotatable bonds is 4. The van der Waals surface area contributed by atoms with E-state index in [0.29, 0.717) is 0 Å². The number of hydrogen-bond acceptors (Lipinski definition) is 0. The van der Waals surface area contributed by atoms with Crippen LogP contribution in [0, 0.1) is 13.8 Å². The highest BCUT2D eigenvalue weighted by Crippen LogP contribution is 2.25. The van der Waals surface area contributed by atoms with Gasteiger partial charge in [-0.3, -0.25) is 0 Å². The van der Waals surface area contributed by atoms with Gasteiger partial charge in [-0.15, -0.1) is 0 Å². The molecule has 0 radical (unpaired) electrons. The van der Waals surface area contributed by atoms with Crippen LogP contribution in [-0.4, -0.2) is 4.57 Å². The summed E-state index contributed by atoms with van der Waals surface area (Å²) in [4.78, 5) is 0. The Morgan fingerprint density at radius 3 is 2.56 bits per heavy atom. The van der Waals surface area contributed by atoms with Crippen LogP contribution in [0.2, 0.25) is 0 Å². The smallest absolute Gasteiger partial charge is 0.0485 e. The van der Waals surface area contributed by atoms with Gasteiger partial charge < -0.3 is 4.57 Å². The van der Waals surface area contributed by atoms with Crippen molar-refractivity contribution in [3.63, 3.8) is 0 Å². The number of para-hydroxylation sites is 1. The van der Waals surface area contributed by atoms with Crippen LogP contribution in [0.5, 0.6) is 0 Å². The van der Waals surface area contributed by atoms with Crippen LogP contribution in [0.3, 0.4) is 0 Å². The molecule has 2 aromatic rings. The van der Waals surface area contributed by atoms with Crippen LogP contribution in [0.25, 0.3) is 10.9 Å². The lowest BCUT2D eigenvalue weighted by Gasteiger charge is -2.07. The van der Waals surface area contributed by atoms with Gasteiger partial charge in [-0.2, -0.15) is 0 Å². The number of benzene rings is 1. The molecule has 0 unspecified atom stereocenters. The number of aromatic nitrogens is 1. The molecular weight excluding hydrogens is 194 g/mol. The molecule has 1 aromatic heterocycles. The van der Waals surface area contributed by atoms with Crippen LogP contribution in [0.4, 0.5) is 0 Å². The summed E-state index contributed by atoms with van der Waals surface area (Å²) in [5.41, 5.74) is 4.26. The number of aryl methyl sites for hydroxylation is 2. The van der Waals surface area contributed by atoms with E-state index in [2.05, 4.69) is 49.6 Å². The molecule has 0 aliphatic heterocycles. The molecule has 0 aliphatic rings. The Morgan fingerprint density at radius 2 is 1.81 bits per heavy atom. The van der Waals surface area contributed by atoms with E-state index in [9.17, 15) is 0 Å². The summed E-state index contributed by atoms with van der Waals surface area (Å²) < 4.78 is 2.47. The van der Waals surface area contributed by atoms with E-state index in [-0.39, 0.29) is 0 Å². The molecule has 86 valence electrons. The van der Waals surface area contributed by atoms with Gasteiger partial charge in [-0.05, 0) is 31.9 Å².